The Balaban J connectivity index is 2.33. The number of benzene rings is 1. The van der Waals surface area contributed by atoms with Crippen LogP contribution in [0.25, 0.3) is 0 Å². The van der Waals surface area contributed by atoms with E-state index in [1.807, 2.05) is 30.3 Å². The quantitative estimate of drug-likeness (QED) is 0.907. The van der Waals surface area contributed by atoms with E-state index in [4.69, 9.17) is 5.11 Å². The van der Waals surface area contributed by atoms with Crippen LogP contribution in [0.3, 0.4) is 0 Å². The van der Waals surface area contributed by atoms with E-state index in [9.17, 15) is 4.79 Å². The van der Waals surface area contributed by atoms with Gasteiger partial charge in [-0.3, -0.25) is 0 Å². The van der Waals surface area contributed by atoms with E-state index in [1.54, 1.807) is 18.2 Å². The molecule has 0 atom stereocenters. The van der Waals surface area contributed by atoms with Gasteiger partial charge < -0.3 is 10.0 Å². The number of aryl methyl sites for hydroxylation is 1. The molecular formula is C12H12N2O2S. The lowest BCUT2D eigenvalue weighted by Crippen LogP contribution is -2.10. The Bertz CT molecular complexity index is 551. The molecule has 5 heteroatoms. The molecule has 1 heterocycles. The molecule has 2 aromatic rings. The molecule has 88 valence electrons. The van der Waals surface area contributed by atoms with Crippen LogP contribution >= 0.6 is 11.3 Å². The van der Waals surface area contributed by atoms with Gasteiger partial charge in [0.2, 0.25) is 0 Å². The second kappa shape index (κ2) is 4.55. The molecule has 0 saturated carbocycles. The van der Waals surface area contributed by atoms with Gasteiger partial charge in [0.15, 0.2) is 5.13 Å². The Labute approximate surface area is 103 Å². The van der Waals surface area contributed by atoms with Crippen LogP contribution < -0.4 is 4.90 Å². The van der Waals surface area contributed by atoms with Crippen molar-refractivity contribution in [2.24, 2.45) is 0 Å². The van der Waals surface area contributed by atoms with Crippen LogP contribution in [0, 0.1) is 6.92 Å². The molecular weight excluding hydrogens is 236 g/mol. The van der Waals surface area contributed by atoms with Crippen molar-refractivity contribution in [2.45, 2.75) is 6.92 Å². The maximum Gasteiger partial charge on any atom is 0.335 e. The summed E-state index contributed by atoms with van der Waals surface area (Å²) in [6.45, 7) is 1.93. The molecule has 0 amide bonds. The topological polar surface area (TPSA) is 53.4 Å². The van der Waals surface area contributed by atoms with Crippen molar-refractivity contribution in [1.29, 1.82) is 0 Å². The first-order valence-corrected chi connectivity index (χ1v) is 5.95. The Kier molecular flexibility index (Phi) is 3.10. The van der Waals surface area contributed by atoms with Crippen molar-refractivity contribution in [3.05, 3.63) is 40.9 Å². The average Bonchev–Trinajstić information content (AvgIpc) is 2.75. The van der Waals surface area contributed by atoms with Gasteiger partial charge in [0.25, 0.3) is 0 Å². The molecule has 0 fully saturated rings. The normalized spacial score (nSPS) is 10.2. The lowest BCUT2D eigenvalue weighted by atomic mass is 10.2. The first-order valence-electron chi connectivity index (χ1n) is 5.07. The smallest absolute Gasteiger partial charge is 0.335 e. The summed E-state index contributed by atoms with van der Waals surface area (Å²) in [5.41, 5.74) is 2.06. The van der Waals surface area contributed by atoms with Gasteiger partial charge in [-0.15, -0.1) is 11.3 Å². The highest BCUT2D eigenvalue weighted by atomic mass is 32.1. The second-order valence-electron chi connectivity index (χ2n) is 3.69. The van der Waals surface area contributed by atoms with Crippen molar-refractivity contribution >= 4 is 28.1 Å². The maximum absolute atomic E-state index is 10.9. The molecule has 0 aliphatic carbocycles. The van der Waals surface area contributed by atoms with E-state index in [0.29, 0.717) is 0 Å². The van der Waals surface area contributed by atoms with Crippen LogP contribution in [-0.4, -0.2) is 23.1 Å². The Morgan fingerprint density at radius 1 is 1.47 bits per heavy atom. The first kappa shape index (κ1) is 11.6. The van der Waals surface area contributed by atoms with Crippen molar-refractivity contribution in [3.8, 4) is 0 Å². The summed E-state index contributed by atoms with van der Waals surface area (Å²) in [6.07, 6.45) is 0. The first-order chi connectivity index (χ1) is 8.08. The molecule has 0 bridgehead atoms. The van der Waals surface area contributed by atoms with Crippen molar-refractivity contribution in [1.82, 2.24) is 4.98 Å². The van der Waals surface area contributed by atoms with Crippen LogP contribution in [0.1, 0.15) is 16.1 Å². The summed E-state index contributed by atoms with van der Waals surface area (Å²) < 4.78 is 0. The predicted molar refractivity (Wildman–Crippen MR) is 68.3 cm³/mol. The van der Waals surface area contributed by atoms with E-state index in [-0.39, 0.29) is 5.56 Å². The van der Waals surface area contributed by atoms with E-state index in [2.05, 4.69) is 4.98 Å². The maximum atomic E-state index is 10.9. The standard InChI is InChI=1S/C12H12N2O2S/c1-8-7-17-12(13-8)14(2)10-5-3-4-9(6-10)11(15)16/h3-7H,1-2H3,(H,15,16). The van der Waals surface area contributed by atoms with Crippen LogP contribution in [0.5, 0.6) is 0 Å². The Morgan fingerprint density at radius 3 is 2.82 bits per heavy atom. The number of hydrogen-bond donors (Lipinski definition) is 1. The number of anilines is 2. The number of aromatic nitrogens is 1. The minimum Gasteiger partial charge on any atom is -0.478 e. The highest BCUT2D eigenvalue weighted by Crippen LogP contribution is 2.27. The zero-order chi connectivity index (χ0) is 12.4. The predicted octanol–water partition coefficient (Wildman–Crippen LogP) is 2.92. The third kappa shape index (κ3) is 2.45. The molecule has 0 saturated heterocycles. The number of carbonyl (C=O) groups is 1. The van der Waals surface area contributed by atoms with Gasteiger partial charge in [0.1, 0.15) is 0 Å². The molecule has 2 rings (SSSR count). The number of carboxylic acid groups (broad SMARTS) is 1. The lowest BCUT2D eigenvalue weighted by Gasteiger charge is -2.16. The van der Waals surface area contributed by atoms with Gasteiger partial charge in [-0.2, -0.15) is 0 Å². The number of aromatic carboxylic acids is 1. The summed E-state index contributed by atoms with van der Waals surface area (Å²) >= 11 is 1.53. The number of carboxylic acids is 1. The summed E-state index contributed by atoms with van der Waals surface area (Å²) in [5.74, 6) is -0.921. The SMILES string of the molecule is Cc1csc(N(C)c2cccc(C(=O)O)c2)n1. The molecule has 4 nitrogen and oxygen atoms in total. The number of nitrogens with zero attached hydrogens (tertiary/aromatic N) is 2. The van der Waals surface area contributed by atoms with Crippen LogP contribution in [0.4, 0.5) is 10.8 Å². The molecule has 0 spiro atoms. The molecule has 1 aromatic carbocycles. The monoisotopic (exact) mass is 248 g/mol. The highest BCUT2D eigenvalue weighted by molar-refractivity contribution is 7.13. The lowest BCUT2D eigenvalue weighted by molar-refractivity contribution is 0.0697. The summed E-state index contributed by atoms with van der Waals surface area (Å²) in [4.78, 5) is 17.1. The molecule has 0 aliphatic rings. The molecule has 0 radical (unpaired) electrons. The van der Waals surface area contributed by atoms with E-state index in [0.717, 1.165) is 16.5 Å². The Morgan fingerprint density at radius 2 is 2.24 bits per heavy atom. The minimum atomic E-state index is -0.921. The number of rotatable bonds is 3. The summed E-state index contributed by atoms with van der Waals surface area (Å²) in [7, 11) is 1.87. The molecule has 17 heavy (non-hydrogen) atoms. The largest absolute Gasteiger partial charge is 0.478 e. The molecule has 1 N–H and O–H groups in total. The van der Waals surface area contributed by atoms with Gasteiger partial charge in [-0.25, -0.2) is 9.78 Å². The Hall–Kier alpha value is -1.88. The summed E-state index contributed by atoms with van der Waals surface area (Å²) in [5, 5.41) is 11.8. The van der Waals surface area contributed by atoms with Gasteiger partial charge in [0, 0.05) is 18.1 Å². The highest BCUT2D eigenvalue weighted by Gasteiger charge is 2.10. The summed E-state index contributed by atoms with van der Waals surface area (Å²) in [6, 6.07) is 6.81. The van der Waals surface area contributed by atoms with Gasteiger partial charge >= 0.3 is 5.97 Å². The second-order valence-corrected chi connectivity index (χ2v) is 4.52. The van der Waals surface area contributed by atoms with Gasteiger partial charge in [-0.05, 0) is 25.1 Å². The number of hydrogen-bond acceptors (Lipinski definition) is 4. The van der Waals surface area contributed by atoms with Crippen LogP contribution in [-0.2, 0) is 0 Å². The molecule has 0 aliphatic heterocycles. The van der Waals surface area contributed by atoms with E-state index >= 15 is 0 Å². The zero-order valence-electron chi connectivity index (χ0n) is 9.54. The minimum absolute atomic E-state index is 0.280. The third-order valence-electron chi connectivity index (χ3n) is 2.37. The van der Waals surface area contributed by atoms with E-state index in [1.165, 1.54) is 11.3 Å². The van der Waals surface area contributed by atoms with Crippen LogP contribution in [0.2, 0.25) is 0 Å². The fourth-order valence-electron chi connectivity index (χ4n) is 1.45. The molecule has 1 aromatic heterocycles. The third-order valence-corrected chi connectivity index (χ3v) is 3.41. The fraction of sp³-hybridized carbons (Fsp3) is 0.167. The van der Waals surface area contributed by atoms with Crippen LogP contribution in [0.15, 0.2) is 29.6 Å². The van der Waals surface area contributed by atoms with E-state index < -0.39 is 5.97 Å². The zero-order valence-corrected chi connectivity index (χ0v) is 10.4. The van der Waals surface area contributed by atoms with Gasteiger partial charge in [-0.1, -0.05) is 6.07 Å². The molecule has 0 unspecified atom stereocenters. The fourth-order valence-corrected chi connectivity index (χ4v) is 2.24. The van der Waals surface area contributed by atoms with Crippen molar-refractivity contribution in [3.63, 3.8) is 0 Å². The van der Waals surface area contributed by atoms with Crippen molar-refractivity contribution < 1.29 is 9.90 Å². The number of thiazole rings is 1. The average molecular weight is 248 g/mol. The van der Waals surface area contributed by atoms with Gasteiger partial charge in [0.05, 0.1) is 11.3 Å². The van der Waals surface area contributed by atoms with Crippen molar-refractivity contribution in [2.75, 3.05) is 11.9 Å².